The minimum atomic E-state index is 0.0694. The topological polar surface area (TPSA) is 43.8 Å². The lowest BCUT2D eigenvalue weighted by Gasteiger charge is -2.09. The molecule has 0 spiro atoms. The third-order valence-electron chi connectivity index (χ3n) is 1.86. The Morgan fingerprint density at radius 3 is 2.71 bits per heavy atom. The maximum Gasteiger partial charge on any atom is 0.0800 e. The van der Waals surface area contributed by atoms with Gasteiger partial charge in [0.1, 0.15) is 0 Å². The van der Waals surface area contributed by atoms with Crippen LogP contribution in [-0.4, -0.2) is 21.3 Å². The van der Waals surface area contributed by atoms with Crippen molar-refractivity contribution < 1.29 is 0 Å². The van der Waals surface area contributed by atoms with E-state index in [2.05, 4.69) is 18.9 Å². The number of rotatable bonds is 5. The van der Waals surface area contributed by atoms with Crippen LogP contribution in [0.4, 0.5) is 0 Å². The molecule has 1 atom stereocenters. The van der Waals surface area contributed by atoms with Crippen LogP contribution in [0.3, 0.4) is 0 Å². The zero-order chi connectivity index (χ0) is 10.6. The Morgan fingerprint density at radius 2 is 2.21 bits per heavy atom. The largest absolute Gasteiger partial charge is 0.322 e. The van der Waals surface area contributed by atoms with Crippen LogP contribution >= 0.6 is 11.8 Å². The third kappa shape index (κ3) is 3.72. The van der Waals surface area contributed by atoms with Crippen molar-refractivity contribution in [3.05, 3.63) is 18.0 Å². The van der Waals surface area contributed by atoms with Crippen molar-refractivity contribution in [2.75, 3.05) is 11.5 Å². The maximum atomic E-state index is 6.00. The van der Waals surface area contributed by atoms with Crippen LogP contribution in [0, 0.1) is 5.92 Å². The van der Waals surface area contributed by atoms with Gasteiger partial charge in [-0.05, 0) is 17.7 Å². The third-order valence-corrected chi connectivity index (χ3v) is 3.36. The summed E-state index contributed by atoms with van der Waals surface area (Å²) in [6.07, 6.45) is 1.93. The quantitative estimate of drug-likeness (QED) is 0.811. The van der Waals surface area contributed by atoms with Crippen LogP contribution in [0.15, 0.2) is 12.3 Å². The molecule has 1 rings (SSSR count). The summed E-state index contributed by atoms with van der Waals surface area (Å²) >= 11 is 1.90. The molecule has 1 heterocycles. The predicted octanol–water partition coefficient (Wildman–Crippen LogP) is 1.81. The molecule has 14 heavy (non-hydrogen) atoms. The molecule has 1 unspecified atom stereocenters. The van der Waals surface area contributed by atoms with Gasteiger partial charge in [0.2, 0.25) is 0 Å². The lowest BCUT2D eigenvalue weighted by Crippen LogP contribution is -2.14. The highest BCUT2D eigenvalue weighted by molar-refractivity contribution is 7.99. The fourth-order valence-electron chi connectivity index (χ4n) is 1.15. The molecule has 2 N–H and O–H groups in total. The van der Waals surface area contributed by atoms with E-state index in [9.17, 15) is 0 Å². The van der Waals surface area contributed by atoms with E-state index in [0.717, 1.165) is 17.4 Å². The standard InChI is InChI=1S/C10H19N3S/c1-8(2)6-14-7-9(11)10-4-5-13(3)12-10/h4-5,8-9H,6-7,11H2,1-3H3. The van der Waals surface area contributed by atoms with Crippen molar-refractivity contribution in [3.8, 4) is 0 Å². The van der Waals surface area contributed by atoms with E-state index in [-0.39, 0.29) is 6.04 Å². The molecule has 0 saturated heterocycles. The van der Waals surface area contributed by atoms with Gasteiger partial charge in [-0.25, -0.2) is 0 Å². The summed E-state index contributed by atoms with van der Waals surface area (Å²) in [5.41, 5.74) is 6.99. The van der Waals surface area contributed by atoms with E-state index in [1.54, 1.807) is 4.68 Å². The summed E-state index contributed by atoms with van der Waals surface area (Å²) in [5, 5.41) is 4.29. The van der Waals surface area contributed by atoms with Crippen molar-refractivity contribution in [3.63, 3.8) is 0 Å². The number of nitrogens with zero attached hydrogens (tertiary/aromatic N) is 2. The molecule has 3 nitrogen and oxygen atoms in total. The summed E-state index contributed by atoms with van der Waals surface area (Å²) < 4.78 is 1.79. The first-order valence-electron chi connectivity index (χ1n) is 4.92. The Morgan fingerprint density at radius 1 is 1.50 bits per heavy atom. The minimum absolute atomic E-state index is 0.0694. The van der Waals surface area contributed by atoms with Gasteiger partial charge in [-0.2, -0.15) is 16.9 Å². The first kappa shape index (κ1) is 11.6. The molecule has 0 saturated carbocycles. The van der Waals surface area contributed by atoms with Crippen molar-refractivity contribution in [1.82, 2.24) is 9.78 Å². The van der Waals surface area contributed by atoms with Crippen molar-refractivity contribution in [1.29, 1.82) is 0 Å². The van der Waals surface area contributed by atoms with Crippen LogP contribution in [0.5, 0.6) is 0 Å². The number of hydrogen-bond acceptors (Lipinski definition) is 3. The van der Waals surface area contributed by atoms with Crippen LogP contribution in [0.1, 0.15) is 25.6 Å². The molecule has 0 radical (unpaired) electrons. The van der Waals surface area contributed by atoms with Crippen LogP contribution in [0.2, 0.25) is 0 Å². The highest BCUT2D eigenvalue weighted by atomic mass is 32.2. The van der Waals surface area contributed by atoms with E-state index in [0.29, 0.717) is 0 Å². The molecule has 0 fully saturated rings. The average molecular weight is 213 g/mol. The normalized spacial score (nSPS) is 13.5. The summed E-state index contributed by atoms with van der Waals surface area (Å²) in [6.45, 7) is 4.44. The van der Waals surface area contributed by atoms with Gasteiger partial charge < -0.3 is 5.73 Å². The molecule has 0 aliphatic carbocycles. The average Bonchev–Trinajstić information content (AvgIpc) is 2.51. The minimum Gasteiger partial charge on any atom is -0.322 e. The highest BCUT2D eigenvalue weighted by Gasteiger charge is 2.08. The lowest BCUT2D eigenvalue weighted by molar-refractivity contribution is 0.701. The first-order chi connectivity index (χ1) is 6.59. The first-order valence-corrected chi connectivity index (χ1v) is 6.08. The second-order valence-electron chi connectivity index (χ2n) is 3.95. The second-order valence-corrected chi connectivity index (χ2v) is 5.03. The fourth-order valence-corrected chi connectivity index (χ4v) is 2.18. The van der Waals surface area contributed by atoms with Gasteiger partial charge in [-0.3, -0.25) is 4.68 Å². The fraction of sp³-hybridized carbons (Fsp3) is 0.700. The monoisotopic (exact) mass is 213 g/mol. The van der Waals surface area contributed by atoms with E-state index in [1.807, 2.05) is 31.1 Å². The molecular weight excluding hydrogens is 194 g/mol. The zero-order valence-corrected chi connectivity index (χ0v) is 9.92. The Labute approximate surface area is 90.1 Å². The van der Waals surface area contributed by atoms with Crippen LogP contribution < -0.4 is 5.73 Å². The van der Waals surface area contributed by atoms with Gasteiger partial charge in [0.05, 0.1) is 11.7 Å². The van der Waals surface area contributed by atoms with E-state index in [4.69, 9.17) is 5.73 Å². The van der Waals surface area contributed by atoms with Crippen LogP contribution in [0.25, 0.3) is 0 Å². The predicted molar refractivity (Wildman–Crippen MR) is 62.3 cm³/mol. The Hall–Kier alpha value is -0.480. The second kappa shape index (κ2) is 5.41. The van der Waals surface area contributed by atoms with Crippen molar-refractivity contribution in [2.24, 2.45) is 18.7 Å². The zero-order valence-electron chi connectivity index (χ0n) is 9.10. The van der Waals surface area contributed by atoms with Gasteiger partial charge in [0.25, 0.3) is 0 Å². The van der Waals surface area contributed by atoms with E-state index < -0.39 is 0 Å². The molecule has 0 amide bonds. The Kier molecular flexibility index (Phi) is 4.48. The van der Waals surface area contributed by atoms with E-state index >= 15 is 0 Å². The van der Waals surface area contributed by atoms with Crippen molar-refractivity contribution >= 4 is 11.8 Å². The molecule has 0 aliphatic rings. The SMILES string of the molecule is CC(C)CSCC(N)c1ccn(C)n1. The van der Waals surface area contributed by atoms with Gasteiger partial charge in [0, 0.05) is 19.0 Å². The highest BCUT2D eigenvalue weighted by Crippen LogP contribution is 2.16. The number of nitrogens with two attached hydrogens (primary N) is 1. The molecule has 0 bridgehead atoms. The molecule has 4 heteroatoms. The summed E-state index contributed by atoms with van der Waals surface area (Å²) in [7, 11) is 1.91. The number of aromatic nitrogens is 2. The number of hydrogen-bond donors (Lipinski definition) is 1. The number of thioether (sulfide) groups is 1. The van der Waals surface area contributed by atoms with E-state index in [1.165, 1.54) is 5.75 Å². The molecule has 0 aliphatic heterocycles. The smallest absolute Gasteiger partial charge is 0.0800 e. The summed E-state index contributed by atoms with van der Waals surface area (Å²) in [4.78, 5) is 0. The van der Waals surface area contributed by atoms with Gasteiger partial charge in [-0.1, -0.05) is 13.8 Å². The van der Waals surface area contributed by atoms with Gasteiger partial charge >= 0.3 is 0 Å². The molecule has 80 valence electrons. The number of aryl methyl sites for hydroxylation is 1. The maximum absolute atomic E-state index is 6.00. The van der Waals surface area contributed by atoms with Gasteiger partial charge in [-0.15, -0.1) is 0 Å². The Balaban J connectivity index is 2.32. The molecule has 1 aromatic rings. The molecular formula is C10H19N3S. The molecule has 0 aromatic carbocycles. The van der Waals surface area contributed by atoms with Crippen molar-refractivity contribution in [2.45, 2.75) is 19.9 Å². The van der Waals surface area contributed by atoms with Crippen LogP contribution in [-0.2, 0) is 7.05 Å². The lowest BCUT2D eigenvalue weighted by atomic mass is 10.2. The summed E-state index contributed by atoms with van der Waals surface area (Å²) in [6, 6.07) is 2.06. The summed E-state index contributed by atoms with van der Waals surface area (Å²) in [5.74, 6) is 2.85. The molecule has 1 aromatic heterocycles. The Bertz CT molecular complexity index is 270. The van der Waals surface area contributed by atoms with Gasteiger partial charge in [0.15, 0.2) is 0 Å².